The summed E-state index contributed by atoms with van der Waals surface area (Å²) in [4.78, 5) is 32.6. The lowest BCUT2D eigenvalue weighted by Crippen LogP contribution is -2.39. The Morgan fingerprint density at radius 2 is 1.83 bits per heavy atom. The van der Waals surface area contributed by atoms with Crippen LogP contribution in [0, 0.1) is 0 Å². The molecule has 152 valence electrons. The van der Waals surface area contributed by atoms with Crippen LogP contribution in [0.4, 0.5) is 0 Å². The number of ether oxygens (including phenoxy) is 2. The summed E-state index contributed by atoms with van der Waals surface area (Å²) in [5.74, 6) is -0.290. The largest absolute Gasteiger partial charge is 0.497 e. The molecule has 0 aliphatic heterocycles. The van der Waals surface area contributed by atoms with Crippen LogP contribution in [0.15, 0.2) is 54.6 Å². The maximum absolute atomic E-state index is 12.9. The highest BCUT2D eigenvalue weighted by atomic mass is 16.5. The molecule has 7 nitrogen and oxygen atoms in total. The molecular weight excluding hydrogens is 382 g/mol. The third-order valence-electron chi connectivity index (χ3n) is 4.97. The average molecular weight is 403 g/mol. The zero-order valence-electron chi connectivity index (χ0n) is 16.9. The summed E-state index contributed by atoms with van der Waals surface area (Å²) in [5, 5.41) is 4.49. The van der Waals surface area contributed by atoms with Gasteiger partial charge in [-0.25, -0.2) is 9.78 Å². The minimum Gasteiger partial charge on any atom is -0.497 e. The first-order valence-corrected chi connectivity index (χ1v) is 9.46. The van der Waals surface area contributed by atoms with Crippen molar-refractivity contribution in [3.05, 3.63) is 60.3 Å². The number of nitrogens with zero attached hydrogens (tertiary/aromatic N) is 1. The fraction of sp³-hybridized carbons (Fsp3) is 0.174. The minimum atomic E-state index is -0.789. The molecule has 2 aromatic carbocycles. The number of hydrogen-bond donors (Lipinski definition) is 2. The molecule has 2 N–H and O–H groups in total. The number of benzene rings is 2. The highest BCUT2D eigenvalue weighted by Crippen LogP contribution is 2.33. The number of methoxy groups -OCH3 is 2. The minimum absolute atomic E-state index is 0.209. The molecule has 0 spiro atoms. The second-order valence-electron chi connectivity index (χ2n) is 6.90. The number of rotatable bonds is 5. The summed E-state index contributed by atoms with van der Waals surface area (Å²) in [6.45, 7) is 1.57. The highest BCUT2D eigenvalue weighted by Gasteiger charge is 2.21. The molecule has 4 rings (SSSR count). The van der Waals surface area contributed by atoms with Gasteiger partial charge in [0.2, 0.25) is 0 Å². The van der Waals surface area contributed by atoms with Gasteiger partial charge < -0.3 is 19.8 Å². The van der Waals surface area contributed by atoms with Gasteiger partial charge in [-0.1, -0.05) is 30.3 Å². The molecule has 0 bridgehead atoms. The zero-order valence-corrected chi connectivity index (χ0v) is 16.9. The number of H-pyrrole nitrogens is 1. The fourth-order valence-corrected chi connectivity index (χ4v) is 3.45. The maximum atomic E-state index is 12.9. The molecule has 0 fully saturated rings. The van der Waals surface area contributed by atoms with E-state index in [-0.39, 0.29) is 5.69 Å². The van der Waals surface area contributed by atoms with Crippen LogP contribution in [0.3, 0.4) is 0 Å². The lowest BCUT2D eigenvalue weighted by atomic mass is 10.1. The van der Waals surface area contributed by atoms with Crippen molar-refractivity contribution in [3.8, 4) is 17.0 Å². The maximum Gasteiger partial charge on any atom is 0.328 e. The summed E-state index contributed by atoms with van der Waals surface area (Å²) < 4.78 is 10.0. The average Bonchev–Trinajstić information content (AvgIpc) is 3.16. The van der Waals surface area contributed by atoms with Gasteiger partial charge >= 0.3 is 5.97 Å². The Morgan fingerprint density at radius 1 is 1.03 bits per heavy atom. The second kappa shape index (κ2) is 7.87. The van der Waals surface area contributed by atoms with Crippen molar-refractivity contribution in [1.82, 2.24) is 15.3 Å². The smallest absolute Gasteiger partial charge is 0.328 e. The SMILES string of the molecule is COC(=O)[C@H](C)NC(=O)c1cc2c([nH]c3ccccc32)c(-c2cccc(OC)c2)n1. The van der Waals surface area contributed by atoms with E-state index in [2.05, 4.69) is 20.0 Å². The molecule has 0 aliphatic rings. The summed E-state index contributed by atoms with van der Waals surface area (Å²) in [5.41, 5.74) is 3.40. The number of aromatic amines is 1. The quantitative estimate of drug-likeness (QED) is 0.496. The lowest BCUT2D eigenvalue weighted by Gasteiger charge is -2.12. The van der Waals surface area contributed by atoms with Gasteiger partial charge in [0.25, 0.3) is 5.91 Å². The van der Waals surface area contributed by atoms with Crippen LogP contribution in [0.2, 0.25) is 0 Å². The van der Waals surface area contributed by atoms with E-state index in [1.165, 1.54) is 7.11 Å². The molecule has 30 heavy (non-hydrogen) atoms. The van der Waals surface area contributed by atoms with E-state index in [1.807, 2.05) is 48.5 Å². The number of amides is 1. The van der Waals surface area contributed by atoms with Gasteiger partial charge in [0.05, 0.1) is 25.4 Å². The van der Waals surface area contributed by atoms with Crippen molar-refractivity contribution in [2.75, 3.05) is 14.2 Å². The Balaban J connectivity index is 1.90. The van der Waals surface area contributed by atoms with Crippen LogP contribution in [0.25, 0.3) is 33.1 Å². The number of carbonyl (C=O) groups excluding carboxylic acids is 2. The molecule has 0 radical (unpaired) electrons. The Kier molecular flexibility index (Phi) is 5.10. The molecule has 1 atom stereocenters. The first-order valence-electron chi connectivity index (χ1n) is 9.46. The van der Waals surface area contributed by atoms with Crippen LogP contribution >= 0.6 is 0 Å². The Morgan fingerprint density at radius 3 is 2.60 bits per heavy atom. The third-order valence-corrected chi connectivity index (χ3v) is 4.97. The number of pyridine rings is 1. The molecule has 1 amide bonds. The Labute approximate surface area is 173 Å². The van der Waals surface area contributed by atoms with Gasteiger partial charge in [0.1, 0.15) is 17.5 Å². The number of nitrogens with one attached hydrogen (secondary N) is 2. The Bertz CT molecular complexity index is 1260. The molecule has 0 aliphatic carbocycles. The first-order chi connectivity index (χ1) is 14.5. The van der Waals surface area contributed by atoms with Gasteiger partial charge in [-0.05, 0) is 31.2 Å². The number of hydrogen-bond acceptors (Lipinski definition) is 5. The normalized spacial score (nSPS) is 12.0. The van der Waals surface area contributed by atoms with E-state index in [9.17, 15) is 9.59 Å². The van der Waals surface area contributed by atoms with Gasteiger partial charge in [0, 0.05) is 21.9 Å². The summed E-state index contributed by atoms with van der Waals surface area (Å²) in [7, 11) is 2.88. The highest BCUT2D eigenvalue weighted by molar-refractivity contribution is 6.13. The zero-order chi connectivity index (χ0) is 21.3. The number of para-hydroxylation sites is 1. The molecule has 2 heterocycles. The summed E-state index contributed by atoms with van der Waals surface area (Å²) in [6.07, 6.45) is 0. The van der Waals surface area contributed by atoms with E-state index in [0.29, 0.717) is 11.4 Å². The van der Waals surface area contributed by atoms with E-state index in [0.717, 1.165) is 27.4 Å². The predicted octanol–water partition coefficient (Wildman–Crippen LogP) is 3.68. The number of esters is 1. The van der Waals surface area contributed by atoms with E-state index < -0.39 is 17.9 Å². The van der Waals surface area contributed by atoms with Crippen molar-refractivity contribution in [3.63, 3.8) is 0 Å². The first kappa shape index (κ1) is 19.4. The molecule has 7 heteroatoms. The van der Waals surface area contributed by atoms with Crippen molar-refractivity contribution in [2.45, 2.75) is 13.0 Å². The van der Waals surface area contributed by atoms with Gasteiger partial charge in [-0.3, -0.25) is 4.79 Å². The van der Waals surface area contributed by atoms with Crippen molar-refractivity contribution in [2.24, 2.45) is 0 Å². The van der Waals surface area contributed by atoms with Gasteiger partial charge in [-0.15, -0.1) is 0 Å². The van der Waals surface area contributed by atoms with Gasteiger partial charge in [0.15, 0.2) is 0 Å². The fourth-order valence-electron chi connectivity index (χ4n) is 3.45. The molecule has 4 aromatic rings. The number of carbonyl (C=O) groups is 2. The van der Waals surface area contributed by atoms with Crippen molar-refractivity contribution in [1.29, 1.82) is 0 Å². The van der Waals surface area contributed by atoms with Crippen LogP contribution < -0.4 is 10.1 Å². The third kappa shape index (κ3) is 3.45. The molecule has 2 aromatic heterocycles. The van der Waals surface area contributed by atoms with E-state index >= 15 is 0 Å². The van der Waals surface area contributed by atoms with Crippen LogP contribution in [0.1, 0.15) is 17.4 Å². The van der Waals surface area contributed by atoms with E-state index in [4.69, 9.17) is 4.74 Å². The van der Waals surface area contributed by atoms with Crippen LogP contribution in [-0.4, -0.2) is 42.1 Å². The molecular formula is C23H21N3O4. The number of fused-ring (bicyclic) bond motifs is 3. The number of aromatic nitrogens is 2. The Hall–Kier alpha value is -3.87. The molecule has 0 saturated heterocycles. The van der Waals surface area contributed by atoms with Crippen molar-refractivity contribution >= 4 is 33.7 Å². The van der Waals surface area contributed by atoms with Crippen molar-refractivity contribution < 1.29 is 19.1 Å². The summed E-state index contributed by atoms with van der Waals surface area (Å²) in [6, 6.07) is 16.3. The summed E-state index contributed by atoms with van der Waals surface area (Å²) >= 11 is 0. The van der Waals surface area contributed by atoms with Crippen LogP contribution in [-0.2, 0) is 9.53 Å². The predicted molar refractivity (Wildman–Crippen MR) is 115 cm³/mol. The lowest BCUT2D eigenvalue weighted by molar-refractivity contribution is -0.142. The molecule has 0 saturated carbocycles. The topological polar surface area (TPSA) is 93.3 Å². The second-order valence-corrected chi connectivity index (χ2v) is 6.90. The van der Waals surface area contributed by atoms with E-state index in [1.54, 1.807) is 20.1 Å². The monoisotopic (exact) mass is 403 g/mol. The van der Waals surface area contributed by atoms with Crippen LogP contribution in [0.5, 0.6) is 5.75 Å². The standard InChI is InChI=1S/C23H21N3O4/c1-13(23(28)30-3)24-22(27)19-12-17-16-9-4-5-10-18(16)25-21(17)20(26-19)14-7-6-8-15(11-14)29-2/h4-13,25H,1-3H3,(H,24,27)/t13-/m0/s1. The molecule has 0 unspecified atom stereocenters. The van der Waals surface area contributed by atoms with Gasteiger partial charge in [-0.2, -0.15) is 0 Å².